The van der Waals surface area contributed by atoms with E-state index < -0.39 is 21.6 Å². The summed E-state index contributed by atoms with van der Waals surface area (Å²) >= 11 is 0.824. The molecule has 1 aromatic heterocycles. The molecule has 0 unspecified atom stereocenters. The first-order chi connectivity index (χ1) is 9.64. The molecule has 0 N–H and O–H groups in total. The first kappa shape index (κ1) is 15.5. The molecule has 0 bridgehead atoms. The van der Waals surface area contributed by atoms with Crippen molar-refractivity contribution in [3.8, 4) is 17.2 Å². The number of hydrogen-bond donors (Lipinski definition) is 0. The average molecular weight is 331 g/mol. The summed E-state index contributed by atoms with van der Waals surface area (Å²) < 4.78 is 61.1. The molecule has 21 heavy (non-hydrogen) atoms. The molecule has 0 saturated carbocycles. The van der Waals surface area contributed by atoms with Gasteiger partial charge in [0.2, 0.25) is 0 Å². The van der Waals surface area contributed by atoms with Crippen LogP contribution in [0.3, 0.4) is 0 Å². The van der Waals surface area contributed by atoms with E-state index in [-0.39, 0.29) is 20.9 Å². The molecule has 1 heterocycles. The molecule has 0 aliphatic rings. The van der Waals surface area contributed by atoms with Crippen molar-refractivity contribution < 1.29 is 21.6 Å². The van der Waals surface area contributed by atoms with Gasteiger partial charge >= 0.3 is 6.18 Å². The van der Waals surface area contributed by atoms with Gasteiger partial charge in [0.1, 0.15) is 10.3 Å². The van der Waals surface area contributed by atoms with Crippen molar-refractivity contribution in [3.05, 3.63) is 40.8 Å². The Bertz CT molecular complexity index is 830. The van der Waals surface area contributed by atoms with E-state index in [0.717, 1.165) is 29.7 Å². The zero-order valence-corrected chi connectivity index (χ0v) is 12.2. The molecule has 0 aliphatic heterocycles. The fourth-order valence-corrected chi connectivity index (χ4v) is 3.92. The molecule has 3 nitrogen and oxygen atoms in total. The fraction of sp³-hybridized carbons (Fsp3) is 0.154. The molecule has 0 radical (unpaired) electrons. The van der Waals surface area contributed by atoms with Gasteiger partial charge in [-0.15, -0.1) is 11.3 Å². The van der Waals surface area contributed by atoms with Crippen molar-refractivity contribution in [3.63, 3.8) is 0 Å². The van der Waals surface area contributed by atoms with Crippen molar-refractivity contribution >= 4 is 21.2 Å². The van der Waals surface area contributed by atoms with Gasteiger partial charge in [-0.3, -0.25) is 0 Å². The number of thiophene rings is 1. The van der Waals surface area contributed by atoms with Crippen molar-refractivity contribution in [1.82, 2.24) is 0 Å². The monoisotopic (exact) mass is 331 g/mol. The van der Waals surface area contributed by atoms with E-state index in [9.17, 15) is 21.6 Å². The van der Waals surface area contributed by atoms with E-state index in [1.165, 1.54) is 17.5 Å². The number of alkyl halides is 3. The molecule has 0 fully saturated rings. The van der Waals surface area contributed by atoms with Crippen LogP contribution in [0.5, 0.6) is 0 Å². The summed E-state index contributed by atoms with van der Waals surface area (Å²) in [4.78, 5) is 0. The fourth-order valence-electron chi connectivity index (χ4n) is 1.79. The lowest BCUT2D eigenvalue weighted by atomic mass is 10.0. The van der Waals surface area contributed by atoms with Crippen LogP contribution in [0.4, 0.5) is 13.2 Å². The third kappa shape index (κ3) is 3.09. The summed E-state index contributed by atoms with van der Waals surface area (Å²) in [6.07, 6.45) is -3.55. The lowest BCUT2D eigenvalue weighted by Crippen LogP contribution is -2.04. The lowest BCUT2D eigenvalue weighted by molar-refractivity contribution is -0.137. The molecule has 1 aromatic carbocycles. The second-order valence-electron chi connectivity index (χ2n) is 4.27. The molecule has 0 spiro atoms. The molecule has 110 valence electrons. The SMILES string of the molecule is CS(=O)(=O)c1scc(-c2cccc(C(F)(F)F)c2)c1C#N. The number of rotatable bonds is 2. The Hall–Kier alpha value is -1.85. The average Bonchev–Trinajstić information content (AvgIpc) is 2.81. The quantitative estimate of drug-likeness (QED) is 0.843. The van der Waals surface area contributed by atoms with Gasteiger partial charge in [-0.25, -0.2) is 8.42 Å². The van der Waals surface area contributed by atoms with Crippen LogP contribution in [0.25, 0.3) is 11.1 Å². The lowest BCUT2D eigenvalue weighted by Gasteiger charge is -2.08. The topological polar surface area (TPSA) is 57.9 Å². The minimum absolute atomic E-state index is 0.123. The molecule has 0 saturated heterocycles. The molecule has 0 atom stereocenters. The van der Waals surface area contributed by atoms with Gasteiger partial charge in [-0.2, -0.15) is 18.4 Å². The summed E-state index contributed by atoms with van der Waals surface area (Å²) in [6.45, 7) is 0. The molecular weight excluding hydrogens is 323 g/mol. The Labute approximate surface area is 123 Å². The van der Waals surface area contributed by atoms with Crippen LogP contribution in [0, 0.1) is 11.3 Å². The van der Waals surface area contributed by atoms with E-state index in [2.05, 4.69) is 0 Å². The first-order valence-electron chi connectivity index (χ1n) is 5.54. The van der Waals surface area contributed by atoms with E-state index in [1.807, 2.05) is 0 Å². The van der Waals surface area contributed by atoms with Crippen LogP contribution in [0.1, 0.15) is 11.1 Å². The Balaban J connectivity index is 2.65. The van der Waals surface area contributed by atoms with E-state index >= 15 is 0 Å². The maximum atomic E-state index is 12.7. The standard InChI is InChI=1S/C13H8F3NO2S2/c1-21(18,19)12-10(6-17)11(7-20-12)8-3-2-4-9(5-8)13(14,15)16/h2-5,7H,1H3. The third-order valence-corrected chi connectivity index (χ3v) is 5.55. The van der Waals surface area contributed by atoms with Crippen molar-refractivity contribution in [1.29, 1.82) is 5.26 Å². The van der Waals surface area contributed by atoms with Crippen LogP contribution >= 0.6 is 11.3 Å². The number of benzene rings is 1. The summed E-state index contributed by atoms with van der Waals surface area (Å²) in [5.41, 5.74) is -0.626. The van der Waals surface area contributed by atoms with Gasteiger partial charge in [0.25, 0.3) is 0 Å². The Morgan fingerprint density at radius 1 is 1.29 bits per heavy atom. The number of hydrogen-bond acceptors (Lipinski definition) is 4. The maximum absolute atomic E-state index is 12.7. The minimum Gasteiger partial charge on any atom is -0.223 e. The number of nitriles is 1. The molecular formula is C13H8F3NO2S2. The van der Waals surface area contributed by atoms with Gasteiger partial charge < -0.3 is 0 Å². The van der Waals surface area contributed by atoms with Crippen molar-refractivity contribution in [2.24, 2.45) is 0 Å². The van der Waals surface area contributed by atoms with Crippen LogP contribution < -0.4 is 0 Å². The van der Waals surface area contributed by atoms with Crippen LogP contribution in [0.2, 0.25) is 0 Å². The van der Waals surface area contributed by atoms with Gasteiger partial charge in [-0.05, 0) is 17.7 Å². The second kappa shape index (κ2) is 5.16. The molecule has 2 aromatic rings. The van der Waals surface area contributed by atoms with Gasteiger partial charge in [-0.1, -0.05) is 12.1 Å². The van der Waals surface area contributed by atoms with Crippen molar-refractivity contribution in [2.45, 2.75) is 10.4 Å². The van der Waals surface area contributed by atoms with Gasteiger partial charge in [0.15, 0.2) is 9.84 Å². The Morgan fingerprint density at radius 3 is 2.48 bits per heavy atom. The summed E-state index contributed by atoms with van der Waals surface area (Å²) in [5.74, 6) is 0. The van der Waals surface area contributed by atoms with E-state index in [1.54, 1.807) is 6.07 Å². The van der Waals surface area contributed by atoms with E-state index in [0.29, 0.717) is 0 Å². The van der Waals surface area contributed by atoms with Crippen LogP contribution in [-0.4, -0.2) is 14.7 Å². The highest BCUT2D eigenvalue weighted by Gasteiger charge is 2.31. The number of sulfone groups is 1. The molecule has 0 amide bonds. The van der Waals surface area contributed by atoms with Crippen LogP contribution in [-0.2, 0) is 16.0 Å². The smallest absolute Gasteiger partial charge is 0.223 e. The predicted octanol–water partition coefficient (Wildman–Crippen LogP) is 3.71. The zero-order chi connectivity index (χ0) is 15.8. The highest BCUT2D eigenvalue weighted by molar-refractivity contribution is 7.92. The van der Waals surface area contributed by atoms with E-state index in [4.69, 9.17) is 5.26 Å². The summed E-state index contributed by atoms with van der Waals surface area (Å²) in [7, 11) is -3.60. The van der Waals surface area contributed by atoms with Gasteiger partial charge in [0.05, 0.1) is 11.1 Å². The molecule has 8 heteroatoms. The summed E-state index contributed by atoms with van der Waals surface area (Å²) in [6, 6.07) is 6.20. The maximum Gasteiger partial charge on any atom is 0.416 e. The van der Waals surface area contributed by atoms with Crippen LogP contribution in [0.15, 0.2) is 33.9 Å². The number of nitrogens with zero attached hydrogens (tertiary/aromatic N) is 1. The third-order valence-electron chi connectivity index (χ3n) is 2.71. The number of halogens is 3. The van der Waals surface area contributed by atoms with Gasteiger partial charge in [0, 0.05) is 17.2 Å². The molecule has 0 aliphatic carbocycles. The highest BCUT2D eigenvalue weighted by atomic mass is 32.2. The normalized spacial score (nSPS) is 12.1. The Kier molecular flexibility index (Phi) is 3.82. The van der Waals surface area contributed by atoms with Crippen molar-refractivity contribution in [2.75, 3.05) is 6.26 Å². The predicted molar refractivity (Wildman–Crippen MR) is 72.6 cm³/mol. The molecule has 2 rings (SSSR count). The highest BCUT2D eigenvalue weighted by Crippen LogP contribution is 2.37. The Morgan fingerprint density at radius 2 is 1.95 bits per heavy atom. The largest absolute Gasteiger partial charge is 0.416 e. The summed E-state index contributed by atoms with van der Waals surface area (Å²) in [5, 5.41) is 10.5. The zero-order valence-electron chi connectivity index (χ0n) is 10.6. The second-order valence-corrected chi connectivity index (χ2v) is 7.37. The minimum atomic E-state index is -4.50. The first-order valence-corrected chi connectivity index (χ1v) is 8.31.